The number of alkyl halides is 1. The summed E-state index contributed by atoms with van der Waals surface area (Å²) in [7, 11) is 0. The molecule has 0 saturated carbocycles. The molecule has 17 heavy (non-hydrogen) atoms. The van der Waals surface area contributed by atoms with E-state index in [1.807, 2.05) is 6.07 Å². The summed E-state index contributed by atoms with van der Waals surface area (Å²) in [6.45, 7) is 6.06. The van der Waals surface area contributed by atoms with E-state index >= 15 is 0 Å². The van der Waals surface area contributed by atoms with Crippen molar-refractivity contribution in [2.45, 2.75) is 50.5 Å². The van der Waals surface area contributed by atoms with E-state index in [9.17, 15) is 0 Å². The highest BCUT2D eigenvalue weighted by Crippen LogP contribution is 2.23. The summed E-state index contributed by atoms with van der Waals surface area (Å²) in [5.74, 6) is 0. The van der Waals surface area contributed by atoms with Gasteiger partial charge in [-0.2, -0.15) is 0 Å². The third-order valence-electron chi connectivity index (χ3n) is 2.67. The fourth-order valence-corrected chi connectivity index (χ4v) is 1.97. The number of ether oxygens (including phenoxy) is 1. The predicted molar refractivity (Wildman–Crippen MR) is 77.6 cm³/mol. The second-order valence-corrected chi connectivity index (χ2v) is 7.21. The van der Waals surface area contributed by atoms with Gasteiger partial charge in [0.15, 0.2) is 0 Å². The first-order chi connectivity index (χ1) is 8.08. The van der Waals surface area contributed by atoms with Gasteiger partial charge in [0, 0.05) is 10.9 Å². The summed E-state index contributed by atoms with van der Waals surface area (Å²) < 4.78 is 5.93. The van der Waals surface area contributed by atoms with Crippen LogP contribution in [0.2, 0.25) is 0 Å². The molecule has 0 atom stereocenters. The van der Waals surface area contributed by atoms with Crippen LogP contribution in [0.3, 0.4) is 0 Å². The van der Waals surface area contributed by atoms with Gasteiger partial charge in [0.05, 0.1) is 6.61 Å². The van der Waals surface area contributed by atoms with Crippen LogP contribution in [0.5, 0.6) is 0 Å². The fraction of sp³-hybridized carbons (Fsp3) is 0.600. The molecule has 0 heterocycles. The number of rotatable bonds is 8. The second kappa shape index (κ2) is 7.88. The molecule has 2 heteroatoms. The Morgan fingerprint density at radius 1 is 1.06 bits per heavy atom. The van der Waals surface area contributed by atoms with Crippen LogP contribution in [-0.4, -0.2) is 10.9 Å². The minimum Gasteiger partial charge on any atom is -0.377 e. The summed E-state index contributed by atoms with van der Waals surface area (Å²) in [6.07, 6.45) is 4.92. The highest BCUT2D eigenvalue weighted by Gasteiger charge is 2.10. The van der Waals surface area contributed by atoms with Gasteiger partial charge in [0.1, 0.15) is 0 Å². The Bertz CT molecular complexity index is 290. The van der Waals surface area contributed by atoms with Crippen LogP contribution in [0.4, 0.5) is 0 Å². The first-order valence-corrected chi connectivity index (χ1v) is 7.18. The van der Waals surface area contributed by atoms with E-state index in [-0.39, 0.29) is 4.32 Å². The van der Waals surface area contributed by atoms with E-state index in [2.05, 4.69) is 54.0 Å². The molecule has 0 bridgehead atoms. The lowest BCUT2D eigenvalue weighted by Gasteiger charge is -2.15. The lowest BCUT2D eigenvalue weighted by Crippen LogP contribution is -2.08. The number of hydrogen-bond acceptors (Lipinski definition) is 1. The van der Waals surface area contributed by atoms with E-state index in [0.717, 1.165) is 19.6 Å². The number of hydrogen-bond donors (Lipinski definition) is 0. The Kier molecular flexibility index (Phi) is 6.83. The summed E-state index contributed by atoms with van der Waals surface area (Å²) >= 11 is 3.66. The van der Waals surface area contributed by atoms with E-state index in [0.29, 0.717) is 0 Å². The van der Waals surface area contributed by atoms with Crippen LogP contribution >= 0.6 is 15.9 Å². The van der Waals surface area contributed by atoms with E-state index < -0.39 is 0 Å². The number of halogens is 1. The van der Waals surface area contributed by atoms with Gasteiger partial charge in [0.25, 0.3) is 0 Å². The maximum Gasteiger partial charge on any atom is 0.0716 e. The minimum atomic E-state index is 0.290. The van der Waals surface area contributed by atoms with Crippen molar-refractivity contribution < 1.29 is 4.74 Å². The normalized spacial score (nSPS) is 11.7. The molecule has 1 aromatic rings. The van der Waals surface area contributed by atoms with Gasteiger partial charge in [-0.05, 0) is 18.4 Å². The average molecular weight is 299 g/mol. The SMILES string of the molecule is CC(C)(Br)CCCCCOCc1ccccc1. The monoisotopic (exact) mass is 298 g/mol. The maximum absolute atomic E-state index is 5.64. The van der Waals surface area contributed by atoms with Crippen molar-refractivity contribution >= 4 is 15.9 Å². The van der Waals surface area contributed by atoms with Crippen LogP contribution in [0, 0.1) is 0 Å². The lowest BCUT2D eigenvalue weighted by molar-refractivity contribution is 0.116. The molecule has 0 N–H and O–H groups in total. The molecule has 0 aliphatic carbocycles. The lowest BCUT2D eigenvalue weighted by atomic mass is 10.1. The molecule has 0 aliphatic heterocycles. The van der Waals surface area contributed by atoms with Crippen molar-refractivity contribution in [2.75, 3.05) is 6.61 Å². The molecule has 0 unspecified atom stereocenters. The molecule has 0 aromatic heterocycles. The zero-order chi connectivity index (χ0) is 12.6. The second-order valence-electron chi connectivity index (χ2n) is 5.07. The Hall–Kier alpha value is -0.340. The Morgan fingerprint density at radius 2 is 1.76 bits per heavy atom. The summed E-state index contributed by atoms with van der Waals surface area (Å²) in [5.41, 5.74) is 1.26. The van der Waals surface area contributed by atoms with Crippen molar-refractivity contribution in [1.29, 1.82) is 0 Å². The van der Waals surface area contributed by atoms with Crippen molar-refractivity contribution in [1.82, 2.24) is 0 Å². The van der Waals surface area contributed by atoms with Crippen LogP contribution in [-0.2, 0) is 11.3 Å². The van der Waals surface area contributed by atoms with Crippen molar-refractivity contribution in [3.8, 4) is 0 Å². The largest absolute Gasteiger partial charge is 0.377 e. The first-order valence-electron chi connectivity index (χ1n) is 6.38. The molecular weight excluding hydrogens is 276 g/mol. The quantitative estimate of drug-likeness (QED) is 0.488. The smallest absolute Gasteiger partial charge is 0.0716 e. The third-order valence-corrected chi connectivity index (χ3v) is 3.07. The fourth-order valence-electron chi connectivity index (χ4n) is 1.69. The van der Waals surface area contributed by atoms with Crippen LogP contribution < -0.4 is 0 Å². The number of unbranched alkanes of at least 4 members (excludes halogenated alkanes) is 2. The molecule has 0 saturated heterocycles. The summed E-state index contributed by atoms with van der Waals surface area (Å²) in [4.78, 5) is 0. The molecule has 1 rings (SSSR count). The van der Waals surface area contributed by atoms with Gasteiger partial charge in [-0.1, -0.05) is 73.0 Å². The molecule has 0 amide bonds. The summed E-state index contributed by atoms with van der Waals surface area (Å²) in [6, 6.07) is 10.3. The topological polar surface area (TPSA) is 9.23 Å². The highest BCUT2D eigenvalue weighted by atomic mass is 79.9. The standard InChI is InChI=1S/C15H23BrO/c1-15(2,16)11-7-4-8-12-17-13-14-9-5-3-6-10-14/h3,5-6,9-10H,4,7-8,11-13H2,1-2H3. The molecular formula is C15H23BrO. The molecule has 1 nitrogen and oxygen atoms in total. The molecule has 0 fully saturated rings. The van der Waals surface area contributed by atoms with Crippen molar-refractivity contribution in [2.24, 2.45) is 0 Å². The van der Waals surface area contributed by atoms with Gasteiger partial charge in [-0.25, -0.2) is 0 Å². The Morgan fingerprint density at radius 3 is 2.41 bits per heavy atom. The predicted octanol–water partition coefficient (Wildman–Crippen LogP) is 4.94. The van der Waals surface area contributed by atoms with E-state index in [1.54, 1.807) is 0 Å². The van der Waals surface area contributed by atoms with Crippen molar-refractivity contribution in [3.05, 3.63) is 35.9 Å². The number of benzene rings is 1. The van der Waals surface area contributed by atoms with Gasteiger partial charge < -0.3 is 4.74 Å². The maximum atomic E-state index is 5.64. The van der Waals surface area contributed by atoms with Gasteiger partial charge >= 0.3 is 0 Å². The zero-order valence-electron chi connectivity index (χ0n) is 10.9. The minimum absolute atomic E-state index is 0.290. The Labute approximate surface area is 114 Å². The van der Waals surface area contributed by atoms with Gasteiger partial charge in [-0.3, -0.25) is 0 Å². The van der Waals surface area contributed by atoms with Crippen LogP contribution in [0.15, 0.2) is 30.3 Å². The first kappa shape index (κ1) is 14.7. The molecule has 0 spiro atoms. The van der Waals surface area contributed by atoms with Crippen LogP contribution in [0.1, 0.15) is 45.1 Å². The van der Waals surface area contributed by atoms with Gasteiger partial charge in [0.2, 0.25) is 0 Å². The zero-order valence-corrected chi connectivity index (χ0v) is 12.5. The van der Waals surface area contributed by atoms with Crippen molar-refractivity contribution in [3.63, 3.8) is 0 Å². The summed E-state index contributed by atoms with van der Waals surface area (Å²) in [5, 5.41) is 0. The molecule has 0 radical (unpaired) electrons. The van der Waals surface area contributed by atoms with E-state index in [4.69, 9.17) is 4.74 Å². The molecule has 0 aliphatic rings. The highest BCUT2D eigenvalue weighted by molar-refractivity contribution is 9.10. The Balaban J connectivity index is 1.95. The van der Waals surface area contributed by atoms with Gasteiger partial charge in [-0.15, -0.1) is 0 Å². The molecule has 96 valence electrons. The third kappa shape index (κ3) is 8.39. The average Bonchev–Trinajstić information content (AvgIpc) is 2.28. The molecule has 1 aromatic carbocycles. The van der Waals surface area contributed by atoms with Crippen LogP contribution in [0.25, 0.3) is 0 Å². The van der Waals surface area contributed by atoms with E-state index in [1.165, 1.54) is 24.8 Å².